The van der Waals surface area contributed by atoms with Crippen LogP contribution in [0.25, 0.3) is 0 Å². The lowest BCUT2D eigenvalue weighted by atomic mass is 10.2. The second kappa shape index (κ2) is 3.90. The lowest BCUT2D eigenvalue weighted by Gasteiger charge is -2.03. The zero-order valence-corrected chi connectivity index (χ0v) is 9.37. The van der Waals surface area contributed by atoms with E-state index in [0.717, 1.165) is 14.5 Å². The van der Waals surface area contributed by atoms with Crippen LogP contribution in [0.5, 0.6) is 0 Å². The molecule has 60 valence electrons. The van der Waals surface area contributed by atoms with E-state index in [0.29, 0.717) is 5.02 Å². The van der Waals surface area contributed by atoms with E-state index in [4.69, 9.17) is 16.7 Å². The molecule has 0 saturated carbocycles. The average Bonchev–Trinajstić information content (AvgIpc) is 1.85. The molecule has 11 heavy (non-hydrogen) atoms. The van der Waals surface area contributed by atoms with Crippen LogP contribution >= 0.6 is 43.5 Å². The standard InChI is InChI=1S/C7H5Br2ClO/c8-6-1-4(10)2-7(9)5(6)3-11/h1-2,11H,3H2. The number of benzene rings is 1. The van der Waals surface area contributed by atoms with Gasteiger partial charge in [0.15, 0.2) is 0 Å². The summed E-state index contributed by atoms with van der Waals surface area (Å²) in [6, 6.07) is 3.50. The zero-order valence-electron chi connectivity index (χ0n) is 5.44. The SMILES string of the molecule is OCc1c(Br)cc(Cl)cc1Br. The monoisotopic (exact) mass is 298 g/mol. The van der Waals surface area contributed by atoms with E-state index in [-0.39, 0.29) is 6.61 Å². The van der Waals surface area contributed by atoms with Crippen molar-refractivity contribution in [2.75, 3.05) is 0 Å². The molecule has 0 bridgehead atoms. The Bertz CT molecular complexity index is 252. The minimum Gasteiger partial charge on any atom is -0.392 e. The van der Waals surface area contributed by atoms with Crippen LogP contribution in [0.1, 0.15) is 5.56 Å². The van der Waals surface area contributed by atoms with Crippen molar-refractivity contribution >= 4 is 43.5 Å². The van der Waals surface area contributed by atoms with Gasteiger partial charge >= 0.3 is 0 Å². The lowest BCUT2D eigenvalue weighted by Crippen LogP contribution is -1.86. The summed E-state index contributed by atoms with van der Waals surface area (Å²) in [5, 5.41) is 9.53. The van der Waals surface area contributed by atoms with E-state index >= 15 is 0 Å². The Morgan fingerprint density at radius 2 is 1.73 bits per heavy atom. The van der Waals surface area contributed by atoms with E-state index in [2.05, 4.69) is 31.9 Å². The highest BCUT2D eigenvalue weighted by molar-refractivity contribution is 9.11. The number of hydrogen-bond acceptors (Lipinski definition) is 1. The van der Waals surface area contributed by atoms with Gasteiger partial charge in [0.05, 0.1) is 6.61 Å². The molecule has 0 aromatic heterocycles. The molecule has 0 heterocycles. The number of aliphatic hydroxyl groups excluding tert-OH is 1. The van der Waals surface area contributed by atoms with E-state index in [1.54, 1.807) is 12.1 Å². The normalized spacial score (nSPS) is 10.2. The van der Waals surface area contributed by atoms with Gasteiger partial charge in [-0.3, -0.25) is 0 Å². The molecule has 0 spiro atoms. The number of halogens is 3. The van der Waals surface area contributed by atoms with Crippen LogP contribution in [0.15, 0.2) is 21.1 Å². The van der Waals surface area contributed by atoms with Gasteiger partial charge in [0.25, 0.3) is 0 Å². The van der Waals surface area contributed by atoms with E-state index in [1.165, 1.54) is 0 Å². The molecule has 0 unspecified atom stereocenters. The van der Waals surface area contributed by atoms with Crippen molar-refractivity contribution in [1.29, 1.82) is 0 Å². The van der Waals surface area contributed by atoms with Crippen LogP contribution in [0, 0.1) is 0 Å². The molecule has 0 atom stereocenters. The summed E-state index contributed by atoms with van der Waals surface area (Å²) in [5.41, 5.74) is 0.814. The summed E-state index contributed by atoms with van der Waals surface area (Å²) in [5.74, 6) is 0. The predicted octanol–water partition coefficient (Wildman–Crippen LogP) is 3.36. The van der Waals surface area contributed by atoms with Gasteiger partial charge in [-0.15, -0.1) is 0 Å². The van der Waals surface area contributed by atoms with Gasteiger partial charge in [0.2, 0.25) is 0 Å². The smallest absolute Gasteiger partial charge is 0.0703 e. The largest absolute Gasteiger partial charge is 0.392 e. The quantitative estimate of drug-likeness (QED) is 0.843. The Hall–Kier alpha value is 0.430. The second-order valence-corrected chi connectivity index (χ2v) is 4.15. The van der Waals surface area contributed by atoms with Gasteiger partial charge < -0.3 is 5.11 Å². The van der Waals surface area contributed by atoms with Crippen LogP contribution in [0.4, 0.5) is 0 Å². The third-order valence-corrected chi connectivity index (χ3v) is 2.90. The number of rotatable bonds is 1. The Kier molecular flexibility index (Phi) is 3.37. The summed E-state index contributed by atoms with van der Waals surface area (Å²) < 4.78 is 1.64. The molecule has 0 aliphatic carbocycles. The first kappa shape index (κ1) is 9.52. The van der Waals surface area contributed by atoms with Crippen molar-refractivity contribution in [3.05, 3.63) is 31.7 Å². The first-order valence-electron chi connectivity index (χ1n) is 2.89. The molecule has 1 nitrogen and oxygen atoms in total. The fourth-order valence-corrected chi connectivity index (χ4v) is 2.64. The van der Waals surface area contributed by atoms with Crippen molar-refractivity contribution in [3.8, 4) is 0 Å². The summed E-state index contributed by atoms with van der Waals surface area (Å²) in [6.45, 7) is -0.00165. The van der Waals surface area contributed by atoms with E-state index < -0.39 is 0 Å². The van der Waals surface area contributed by atoms with Crippen LogP contribution in [0.3, 0.4) is 0 Å². The Balaban J connectivity index is 3.25. The van der Waals surface area contributed by atoms with Gasteiger partial charge in [-0.2, -0.15) is 0 Å². The third-order valence-electron chi connectivity index (χ3n) is 1.26. The van der Waals surface area contributed by atoms with Crippen LogP contribution < -0.4 is 0 Å². The van der Waals surface area contributed by atoms with Gasteiger partial charge in [-0.1, -0.05) is 43.5 Å². The molecular weight excluding hydrogens is 295 g/mol. The number of hydrogen-bond donors (Lipinski definition) is 1. The van der Waals surface area contributed by atoms with Crippen molar-refractivity contribution < 1.29 is 5.11 Å². The zero-order chi connectivity index (χ0) is 8.43. The molecule has 0 aliphatic rings. The summed E-state index contributed by atoms with van der Waals surface area (Å²) in [4.78, 5) is 0. The van der Waals surface area contributed by atoms with Crippen molar-refractivity contribution in [1.82, 2.24) is 0 Å². The predicted molar refractivity (Wildman–Crippen MR) is 52.8 cm³/mol. The summed E-state index contributed by atoms with van der Waals surface area (Å²) in [6.07, 6.45) is 0. The Morgan fingerprint density at radius 3 is 2.09 bits per heavy atom. The fourth-order valence-electron chi connectivity index (χ4n) is 0.723. The highest BCUT2D eigenvalue weighted by atomic mass is 79.9. The van der Waals surface area contributed by atoms with Gasteiger partial charge in [0, 0.05) is 19.5 Å². The molecule has 0 aliphatic heterocycles. The molecule has 0 saturated heterocycles. The average molecular weight is 300 g/mol. The summed E-state index contributed by atoms with van der Waals surface area (Å²) in [7, 11) is 0. The molecule has 1 rings (SSSR count). The van der Waals surface area contributed by atoms with Gasteiger partial charge in [0.1, 0.15) is 0 Å². The third kappa shape index (κ3) is 2.18. The van der Waals surface area contributed by atoms with E-state index in [9.17, 15) is 0 Å². The number of aliphatic hydroxyl groups is 1. The fraction of sp³-hybridized carbons (Fsp3) is 0.143. The van der Waals surface area contributed by atoms with Crippen molar-refractivity contribution in [2.24, 2.45) is 0 Å². The lowest BCUT2D eigenvalue weighted by molar-refractivity contribution is 0.280. The first-order chi connectivity index (χ1) is 5.15. The van der Waals surface area contributed by atoms with Crippen molar-refractivity contribution in [2.45, 2.75) is 6.61 Å². The minimum absolute atomic E-state index is 0.00165. The van der Waals surface area contributed by atoms with Crippen LogP contribution in [-0.4, -0.2) is 5.11 Å². The van der Waals surface area contributed by atoms with E-state index in [1.807, 2.05) is 0 Å². The summed E-state index contributed by atoms with van der Waals surface area (Å²) >= 11 is 12.3. The van der Waals surface area contributed by atoms with Gasteiger partial charge in [-0.25, -0.2) is 0 Å². The molecule has 0 amide bonds. The minimum atomic E-state index is -0.00165. The Morgan fingerprint density at radius 1 is 1.27 bits per heavy atom. The topological polar surface area (TPSA) is 20.2 Å². The first-order valence-corrected chi connectivity index (χ1v) is 4.86. The highest BCUT2D eigenvalue weighted by Gasteiger charge is 2.04. The molecular formula is C7H5Br2ClO. The molecule has 4 heteroatoms. The molecule has 1 N–H and O–H groups in total. The Labute approximate surface area is 86.6 Å². The molecule has 0 radical (unpaired) electrons. The maximum absolute atomic E-state index is 8.89. The van der Waals surface area contributed by atoms with Crippen LogP contribution in [0.2, 0.25) is 5.02 Å². The molecule has 1 aromatic carbocycles. The van der Waals surface area contributed by atoms with Gasteiger partial charge in [-0.05, 0) is 12.1 Å². The van der Waals surface area contributed by atoms with Crippen LogP contribution in [-0.2, 0) is 6.61 Å². The molecule has 0 fully saturated rings. The molecule has 1 aromatic rings. The highest BCUT2D eigenvalue weighted by Crippen LogP contribution is 2.29. The maximum Gasteiger partial charge on any atom is 0.0703 e. The van der Waals surface area contributed by atoms with Crippen molar-refractivity contribution in [3.63, 3.8) is 0 Å². The maximum atomic E-state index is 8.89. The second-order valence-electron chi connectivity index (χ2n) is 2.01.